The zero-order valence-electron chi connectivity index (χ0n) is 18.3. The number of carbonyl (C=O) groups excluding carboxylic acids is 1. The lowest BCUT2D eigenvalue weighted by atomic mass is 9.95. The van der Waals surface area contributed by atoms with Crippen LogP contribution in [-0.4, -0.2) is 42.0 Å². The maximum Gasteiger partial charge on any atom is 0.248 e. The van der Waals surface area contributed by atoms with E-state index in [1.807, 2.05) is 0 Å². The van der Waals surface area contributed by atoms with E-state index in [9.17, 15) is 4.79 Å². The molecule has 0 aliphatic carbocycles. The summed E-state index contributed by atoms with van der Waals surface area (Å²) in [5.41, 5.74) is 7.94. The molecule has 3 N–H and O–H groups in total. The van der Waals surface area contributed by atoms with Gasteiger partial charge in [0.2, 0.25) is 17.6 Å². The van der Waals surface area contributed by atoms with Crippen molar-refractivity contribution in [2.45, 2.75) is 13.0 Å². The van der Waals surface area contributed by atoms with Crippen LogP contribution in [0.2, 0.25) is 10.0 Å². The summed E-state index contributed by atoms with van der Waals surface area (Å²) in [5, 5.41) is 8.53. The first-order valence-electron chi connectivity index (χ1n) is 9.78. The zero-order valence-corrected chi connectivity index (χ0v) is 19.8. The van der Waals surface area contributed by atoms with Gasteiger partial charge in [0.15, 0.2) is 17.3 Å². The van der Waals surface area contributed by atoms with Crippen molar-refractivity contribution in [2.24, 2.45) is 5.73 Å². The molecular formula is C22H21Cl2N5O4. The van der Waals surface area contributed by atoms with Gasteiger partial charge in [-0.2, -0.15) is 4.98 Å². The number of nitrogens with two attached hydrogens (primary N) is 1. The van der Waals surface area contributed by atoms with Gasteiger partial charge in [0, 0.05) is 11.3 Å². The highest BCUT2D eigenvalue weighted by molar-refractivity contribution is 6.42. The minimum Gasteiger partial charge on any atom is -0.493 e. The summed E-state index contributed by atoms with van der Waals surface area (Å²) in [6.07, 6.45) is 0. The van der Waals surface area contributed by atoms with Gasteiger partial charge >= 0.3 is 0 Å². The highest BCUT2D eigenvalue weighted by atomic mass is 35.5. The Kier molecular flexibility index (Phi) is 6.09. The molecule has 9 nitrogen and oxygen atoms in total. The number of ether oxygens (including phenoxy) is 3. The summed E-state index contributed by atoms with van der Waals surface area (Å²) in [4.78, 5) is 17.0. The lowest BCUT2D eigenvalue weighted by molar-refractivity contribution is -0.115. The second-order valence-corrected chi connectivity index (χ2v) is 8.04. The fourth-order valence-electron chi connectivity index (χ4n) is 3.79. The van der Waals surface area contributed by atoms with Crippen LogP contribution in [0, 0.1) is 0 Å². The topological polar surface area (TPSA) is 114 Å². The molecule has 2 aromatic carbocycles. The maximum atomic E-state index is 12.4. The second-order valence-electron chi connectivity index (χ2n) is 7.22. The number of nitrogens with one attached hydrogen (secondary N) is 1. The van der Waals surface area contributed by atoms with Crippen LogP contribution < -0.4 is 25.3 Å². The first-order chi connectivity index (χ1) is 15.8. The number of allylic oxidation sites excluding steroid dienone is 1. The summed E-state index contributed by atoms with van der Waals surface area (Å²) in [5.74, 6) is 1.58. The van der Waals surface area contributed by atoms with E-state index in [1.165, 1.54) is 21.3 Å². The van der Waals surface area contributed by atoms with Crippen molar-refractivity contribution < 1.29 is 19.0 Å². The molecule has 3 aromatic rings. The van der Waals surface area contributed by atoms with E-state index in [2.05, 4.69) is 15.4 Å². The lowest BCUT2D eigenvalue weighted by Crippen LogP contribution is -2.31. The number of benzene rings is 2. The molecule has 0 radical (unpaired) electrons. The van der Waals surface area contributed by atoms with Crippen molar-refractivity contribution in [3.05, 3.63) is 57.2 Å². The lowest BCUT2D eigenvalue weighted by Gasteiger charge is -2.27. The molecule has 172 valence electrons. The summed E-state index contributed by atoms with van der Waals surface area (Å²) >= 11 is 12.4. The number of fused-ring (bicyclic) bond motifs is 1. The van der Waals surface area contributed by atoms with Crippen LogP contribution in [0.25, 0.3) is 11.4 Å². The van der Waals surface area contributed by atoms with Crippen molar-refractivity contribution >= 4 is 35.1 Å². The van der Waals surface area contributed by atoms with Crippen molar-refractivity contribution in [3.8, 4) is 28.6 Å². The Morgan fingerprint density at radius 2 is 1.73 bits per heavy atom. The van der Waals surface area contributed by atoms with E-state index in [0.717, 1.165) is 0 Å². The molecule has 1 aromatic heterocycles. The quantitative estimate of drug-likeness (QED) is 0.536. The highest BCUT2D eigenvalue weighted by Crippen LogP contribution is 2.42. The van der Waals surface area contributed by atoms with E-state index < -0.39 is 11.9 Å². The summed E-state index contributed by atoms with van der Waals surface area (Å²) in [7, 11) is 4.58. The first kappa shape index (κ1) is 22.8. The fourth-order valence-corrected chi connectivity index (χ4v) is 4.10. The number of methoxy groups -OCH3 is 3. The first-order valence-corrected chi connectivity index (χ1v) is 10.5. The Balaban J connectivity index is 1.89. The molecule has 1 aliphatic rings. The van der Waals surface area contributed by atoms with Gasteiger partial charge in [-0.15, -0.1) is 5.10 Å². The number of anilines is 1. The van der Waals surface area contributed by atoms with Gasteiger partial charge in [-0.3, -0.25) is 4.79 Å². The van der Waals surface area contributed by atoms with Crippen molar-refractivity contribution in [3.63, 3.8) is 0 Å². The Morgan fingerprint density at radius 3 is 2.27 bits per heavy atom. The molecule has 11 heteroatoms. The average molecular weight is 490 g/mol. The Bertz CT molecular complexity index is 1260. The summed E-state index contributed by atoms with van der Waals surface area (Å²) in [6, 6.07) is 7.94. The Labute approximate surface area is 200 Å². The Hall–Kier alpha value is -3.43. The Morgan fingerprint density at radius 1 is 1.06 bits per heavy atom. The number of rotatable bonds is 6. The molecule has 0 fully saturated rings. The summed E-state index contributed by atoms with van der Waals surface area (Å²) in [6.45, 7) is 1.75. The number of hydrogen-bond donors (Lipinski definition) is 2. The highest BCUT2D eigenvalue weighted by Gasteiger charge is 2.34. The molecule has 0 spiro atoms. The molecule has 4 rings (SSSR count). The third-order valence-electron chi connectivity index (χ3n) is 5.30. The van der Waals surface area contributed by atoms with Crippen LogP contribution in [0.15, 0.2) is 41.6 Å². The molecule has 1 atom stereocenters. The average Bonchev–Trinajstić information content (AvgIpc) is 3.22. The van der Waals surface area contributed by atoms with E-state index in [-0.39, 0.29) is 0 Å². The zero-order chi connectivity index (χ0) is 23.9. The molecule has 1 unspecified atom stereocenters. The van der Waals surface area contributed by atoms with Crippen LogP contribution >= 0.6 is 23.2 Å². The number of carbonyl (C=O) groups is 1. The number of nitrogens with zero attached hydrogens (tertiary/aromatic N) is 3. The third-order valence-corrected chi connectivity index (χ3v) is 6.04. The molecule has 0 saturated carbocycles. The maximum absolute atomic E-state index is 12.4. The monoisotopic (exact) mass is 489 g/mol. The van der Waals surface area contributed by atoms with Crippen LogP contribution in [0.3, 0.4) is 0 Å². The SMILES string of the molecule is COc1cc(-c2nc3n(n2)C(c2ccc(Cl)c(Cl)c2)C(C(N)=O)=C(C)N3)cc(OC)c1OC. The number of halogens is 2. The molecular weight excluding hydrogens is 469 g/mol. The predicted octanol–water partition coefficient (Wildman–Crippen LogP) is 4.05. The molecule has 2 heterocycles. The van der Waals surface area contributed by atoms with E-state index in [1.54, 1.807) is 41.9 Å². The normalized spacial score (nSPS) is 15.0. The van der Waals surface area contributed by atoms with Crippen molar-refractivity contribution in [1.29, 1.82) is 0 Å². The van der Waals surface area contributed by atoms with Gasteiger partial charge in [0.25, 0.3) is 0 Å². The van der Waals surface area contributed by atoms with E-state index in [4.69, 9.17) is 43.1 Å². The predicted molar refractivity (Wildman–Crippen MR) is 125 cm³/mol. The van der Waals surface area contributed by atoms with Crippen molar-refractivity contribution in [1.82, 2.24) is 14.8 Å². The minimum absolute atomic E-state index is 0.335. The van der Waals surface area contributed by atoms with Crippen LogP contribution in [-0.2, 0) is 4.79 Å². The summed E-state index contributed by atoms with van der Waals surface area (Å²) < 4.78 is 17.9. The fraction of sp³-hybridized carbons (Fsp3) is 0.227. The van der Waals surface area contributed by atoms with Crippen LogP contribution in [0.1, 0.15) is 18.5 Å². The minimum atomic E-state index is -0.656. The van der Waals surface area contributed by atoms with Gasteiger partial charge in [0.05, 0.1) is 36.9 Å². The second kappa shape index (κ2) is 8.84. The van der Waals surface area contributed by atoms with Gasteiger partial charge in [0.1, 0.15) is 6.04 Å². The number of aromatic nitrogens is 3. The number of hydrogen-bond acceptors (Lipinski definition) is 7. The smallest absolute Gasteiger partial charge is 0.248 e. The van der Waals surface area contributed by atoms with Crippen LogP contribution in [0.5, 0.6) is 17.2 Å². The van der Waals surface area contributed by atoms with E-state index in [0.29, 0.717) is 61.5 Å². The largest absolute Gasteiger partial charge is 0.493 e. The molecule has 33 heavy (non-hydrogen) atoms. The van der Waals surface area contributed by atoms with E-state index >= 15 is 0 Å². The standard InChI is InChI=1S/C22H21Cl2N5O4/c1-10-17(20(25)30)18(11-5-6-13(23)14(24)7-11)29-22(26-10)27-21(28-29)12-8-15(31-2)19(33-4)16(9-12)32-3/h5-9,18H,1-4H3,(H2,25,30)(H,26,27,28). The third kappa shape index (κ3) is 3.94. The van der Waals surface area contributed by atoms with Gasteiger partial charge in [-0.1, -0.05) is 29.3 Å². The number of amides is 1. The van der Waals surface area contributed by atoms with Crippen LogP contribution in [0.4, 0.5) is 5.95 Å². The van der Waals surface area contributed by atoms with Gasteiger partial charge in [-0.25, -0.2) is 4.68 Å². The number of primary amides is 1. The molecule has 0 bridgehead atoms. The molecule has 1 aliphatic heterocycles. The van der Waals surface area contributed by atoms with Gasteiger partial charge in [-0.05, 0) is 36.8 Å². The molecule has 0 saturated heterocycles. The van der Waals surface area contributed by atoms with Crippen molar-refractivity contribution in [2.75, 3.05) is 26.6 Å². The van der Waals surface area contributed by atoms with Gasteiger partial charge < -0.3 is 25.3 Å². The molecule has 1 amide bonds.